The fourth-order valence-electron chi connectivity index (χ4n) is 2.82. The van der Waals surface area contributed by atoms with Gasteiger partial charge in [-0.15, -0.1) is 0 Å². The number of fused-ring (bicyclic) bond motifs is 1. The Morgan fingerprint density at radius 3 is 2.41 bits per heavy atom. The van der Waals surface area contributed by atoms with Crippen LogP contribution in [0.2, 0.25) is 0 Å². The van der Waals surface area contributed by atoms with Gasteiger partial charge in [-0.2, -0.15) is 0 Å². The summed E-state index contributed by atoms with van der Waals surface area (Å²) < 4.78 is 7.21. The Hall–Kier alpha value is -3.35. The normalized spacial score (nSPS) is 11.4. The Labute approximate surface area is 157 Å². The number of primary amides is 1. The Morgan fingerprint density at radius 1 is 1.11 bits per heavy atom. The molecule has 7 nitrogen and oxygen atoms in total. The molecule has 140 valence electrons. The summed E-state index contributed by atoms with van der Waals surface area (Å²) in [4.78, 5) is 28.0. The maximum Gasteiger partial charge on any atom is 0.257 e. The first-order valence-electron chi connectivity index (χ1n) is 8.56. The molecule has 0 aliphatic carbocycles. The number of hydrogen-bond donors (Lipinski definition) is 2. The average Bonchev–Trinajstić information content (AvgIpc) is 2.98. The first-order valence-corrected chi connectivity index (χ1v) is 8.56. The molecule has 0 atom stereocenters. The van der Waals surface area contributed by atoms with Gasteiger partial charge >= 0.3 is 0 Å². The van der Waals surface area contributed by atoms with Crippen LogP contribution in [0.4, 0.5) is 5.95 Å². The number of amides is 2. The van der Waals surface area contributed by atoms with E-state index >= 15 is 0 Å². The molecule has 3 aromatic rings. The van der Waals surface area contributed by atoms with Crippen LogP contribution in [0, 0.1) is 0 Å². The monoisotopic (exact) mass is 366 g/mol. The molecule has 3 rings (SSSR count). The third-order valence-electron chi connectivity index (χ3n) is 3.95. The summed E-state index contributed by atoms with van der Waals surface area (Å²) in [6, 6.07) is 14.2. The van der Waals surface area contributed by atoms with E-state index in [0.717, 1.165) is 11.0 Å². The van der Waals surface area contributed by atoms with Crippen LogP contribution in [0.25, 0.3) is 11.0 Å². The SMILES string of the molecule is CC(C)(C)n1c(NC(=O)c2ccc(OCC(N)=O)cc2)nc2ccccc21. The highest BCUT2D eigenvalue weighted by Gasteiger charge is 2.22. The molecule has 0 aliphatic heterocycles. The quantitative estimate of drug-likeness (QED) is 0.725. The van der Waals surface area contributed by atoms with Crippen molar-refractivity contribution in [2.75, 3.05) is 11.9 Å². The van der Waals surface area contributed by atoms with Crippen LogP contribution in [-0.4, -0.2) is 28.0 Å². The highest BCUT2D eigenvalue weighted by atomic mass is 16.5. The van der Waals surface area contributed by atoms with Crippen LogP contribution < -0.4 is 15.8 Å². The molecule has 3 N–H and O–H groups in total. The lowest BCUT2D eigenvalue weighted by molar-refractivity contribution is -0.119. The second kappa shape index (κ2) is 7.11. The largest absolute Gasteiger partial charge is 0.484 e. The third-order valence-corrected chi connectivity index (χ3v) is 3.95. The summed E-state index contributed by atoms with van der Waals surface area (Å²) in [5, 5.41) is 2.89. The Balaban J connectivity index is 1.85. The Bertz CT molecular complexity index is 985. The van der Waals surface area contributed by atoms with E-state index in [2.05, 4.69) is 31.1 Å². The van der Waals surface area contributed by atoms with Crippen LogP contribution in [0.3, 0.4) is 0 Å². The number of ether oxygens (including phenoxy) is 1. The van der Waals surface area contributed by atoms with Crippen molar-refractivity contribution in [3.8, 4) is 5.75 Å². The molecule has 2 amide bonds. The van der Waals surface area contributed by atoms with Crippen molar-refractivity contribution in [1.82, 2.24) is 9.55 Å². The summed E-state index contributed by atoms with van der Waals surface area (Å²) in [5.41, 5.74) is 7.01. The van der Waals surface area contributed by atoms with Gasteiger partial charge in [-0.25, -0.2) is 4.98 Å². The van der Waals surface area contributed by atoms with E-state index in [1.165, 1.54) is 0 Å². The standard InChI is InChI=1S/C20H22N4O3/c1-20(2,3)24-16-7-5-4-6-15(16)22-19(24)23-18(26)13-8-10-14(11-9-13)27-12-17(21)25/h4-11H,12H2,1-3H3,(H2,21,25)(H,22,23,26). The number of aromatic nitrogens is 2. The summed E-state index contributed by atoms with van der Waals surface area (Å²) >= 11 is 0. The predicted molar refractivity (Wildman–Crippen MR) is 104 cm³/mol. The molecule has 0 radical (unpaired) electrons. The predicted octanol–water partition coefficient (Wildman–Crippen LogP) is 2.91. The number of nitrogens with zero attached hydrogens (tertiary/aromatic N) is 2. The second-order valence-electron chi connectivity index (χ2n) is 7.16. The number of anilines is 1. The number of benzene rings is 2. The van der Waals surface area contributed by atoms with Gasteiger partial charge in [-0.1, -0.05) is 12.1 Å². The second-order valence-corrected chi connectivity index (χ2v) is 7.16. The molecular formula is C20H22N4O3. The molecule has 0 fully saturated rings. The highest BCUT2D eigenvalue weighted by molar-refractivity contribution is 6.04. The highest BCUT2D eigenvalue weighted by Crippen LogP contribution is 2.28. The number of hydrogen-bond acceptors (Lipinski definition) is 4. The van der Waals surface area contributed by atoms with Crippen molar-refractivity contribution in [2.45, 2.75) is 26.3 Å². The molecule has 1 heterocycles. The van der Waals surface area contributed by atoms with Crippen LogP contribution in [0.15, 0.2) is 48.5 Å². The molecule has 1 aromatic heterocycles. The molecular weight excluding hydrogens is 344 g/mol. The fraction of sp³-hybridized carbons (Fsp3) is 0.250. The van der Waals surface area contributed by atoms with E-state index in [1.54, 1.807) is 24.3 Å². The lowest BCUT2D eigenvalue weighted by atomic mass is 10.1. The molecule has 2 aromatic carbocycles. The van der Waals surface area contributed by atoms with Gasteiger partial charge in [-0.3, -0.25) is 14.9 Å². The molecule has 0 aliphatic rings. The zero-order valence-electron chi connectivity index (χ0n) is 15.5. The van der Waals surface area contributed by atoms with Crippen molar-refractivity contribution < 1.29 is 14.3 Å². The van der Waals surface area contributed by atoms with E-state index in [1.807, 2.05) is 28.8 Å². The molecule has 27 heavy (non-hydrogen) atoms. The van der Waals surface area contributed by atoms with E-state index in [0.29, 0.717) is 17.3 Å². The zero-order chi connectivity index (χ0) is 19.6. The number of carbonyl (C=O) groups excluding carboxylic acids is 2. The molecule has 0 bridgehead atoms. The van der Waals surface area contributed by atoms with Gasteiger partial charge in [0.25, 0.3) is 11.8 Å². The summed E-state index contributed by atoms with van der Waals surface area (Å²) in [5.74, 6) is 0.116. The number of carbonyl (C=O) groups is 2. The first kappa shape index (κ1) is 18.4. The summed E-state index contributed by atoms with van der Waals surface area (Å²) in [7, 11) is 0. The van der Waals surface area contributed by atoms with Crippen LogP contribution in [-0.2, 0) is 10.3 Å². The summed E-state index contributed by atoms with van der Waals surface area (Å²) in [6.07, 6.45) is 0. The van der Waals surface area contributed by atoms with Crippen molar-refractivity contribution in [1.29, 1.82) is 0 Å². The lowest BCUT2D eigenvalue weighted by Crippen LogP contribution is -2.25. The zero-order valence-corrected chi connectivity index (χ0v) is 15.5. The van der Waals surface area contributed by atoms with Crippen LogP contribution >= 0.6 is 0 Å². The number of para-hydroxylation sites is 2. The van der Waals surface area contributed by atoms with Crippen LogP contribution in [0.5, 0.6) is 5.75 Å². The van der Waals surface area contributed by atoms with Gasteiger partial charge in [0.2, 0.25) is 5.95 Å². The number of nitrogens with one attached hydrogen (secondary N) is 1. The number of rotatable bonds is 5. The average molecular weight is 366 g/mol. The van der Waals surface area contributed by atoms with E-state index in [9.17, 15) is 9.59 Å². The van der Waals surface area contributed by atoms with Gasteiger partial charge in [0, 0.05) is 11.1 Å². The summed E-state index contributed by atoms with van der Waals surface area (Å²) in [6.45, 7) is 5.96. The minimum atomic E-state index is -0.557. The fourth-order valence-corrected chi connectivity index (χ4v) is 2.82. The first-order chi connectivity index (χ1) is 12.8. The van der Waals surface area contributed by atoms with E-state index in [-0.39, 0.29) is 18.1 Å². The van der Waals surface area contributed by atoms with E-state index < -0.39 is 5.91 Å². The minimum Gasteiger partial charge on any atom is -0.484 e. The van der Waals surface area contributed by atoms with E-state index in [4.69, 9.17) is 10.5 Å². The number of nitrogens with two attached hydrogens (primary N) is 1. The van der Waals surface area contributed by atoms with Crippen molar-refractivity contribution in [3.05, 3.63) is 54.1 Å². The third kappa shape index (κ3) is 4.08. The maximum atomic E-state index is 12.7. The molecule has 0 spiro atoms. The smallest absolute Gasteiger partial charge is 0.257 e. The maximum absolute atomic E-state index is 12.7. The van der Waals surface area contributed by atoms with Gasteiger partial charge in [-0.05, 0) is 57.2 Å². The van der Waals surface area contributed by atoms with Gasteiger partial charge in [0.15, 0.2) is 6.61 Å². The lowest BCUT2D eigenvalue weighted by Gasteiger charge is -2.24. The van der Waals surface area contributed by atoms with Crippen molar-refractivity contribution in [2.24, 2.45) is 5.73 Å². The number of imidazole rings is 1. The topological polar surface area (TPSA) is 99.2 Å². The van der Waals surface area contributed by atoms with Crippen molar-refractivity contribution >= 4 is 28.8 Å². The van der Waals surface area contributed by atoms with Gasteiger partial charge < -0.3 is 15.0 Å². The molecule has 0 saturated heterocycles. The molecule has 0 saturated carbocycles. The van der Waals surface area contributed by atoms with Crippen molar-refractivity contribution in [3.63, 3.8) is 0 Å². The molecule has 0 unspecified atom stereocenters. The molecule has 7 heteroatoms. The Kier molecular flexibility index (Phi) is 4.85. The minimum absolute atomic E-state index is 0.207. The van der Waals surface area contributed by atoms with Gasteiger partial charge in [0.05, 0.1) is 11.0 Å². The Morgan fingerprint density at radius 2 is 1.78 bits per heavy atom. The van der Waals surface area contributed by atoms with Gasteiger partial charge in [0.1, 0.15) is 5.75 Å². The van der Waals surface area contributed by atoms with Crippen LogP contribution in [0.1, 0.15) is 31.1 Å².